The lowest BCUT2D eigenvalue weighted by atomic mass is 9.68. The molecular weight excluding hydrogens is 346 g/mol. The third kappa shape index (κ3) is 3.90. The number of rotatable bonds is 6. The zero-order chi connectivity index (χ0) is 19.4. The number of nitrogens with zero attached hydrogens (tertiary/aromatic N) is 1. The zero-order valence-corrected chi connectivity index (χ0v) is 16.0. The second-order valence-electron chi connectivity index (χ2n) is 7.61. The van der Waals surface area contributed by atoms with Crippen LogP contribution in [0.25, 0.3) is 0 Å². The Morgan fingerprint density at radius 3 is 2.63 bits per heavy atom. The molecule has 1 aliphatic carbocycles. The van der Waals surface area contributed by atoms with Crippen molar-refractivity contribution in [1.29, 1.82) is 0 Å². The SMILES string of the molecule is COC(=O)CN1C(=O)[C@H](OCc2ccccc2)[C@@H]1[C@]1(C)CCCCCC1=O. The van der Waals surface area contributed by atoms with Gasteiger partial charge >= 0.3 is 5.97 Å². The normalized spacial score (nSPS) is 28.4. The number of carbonyl (C=O) groups is 3. The Morgan fingerprint density at radius 1 is 1.19 bits per heavy atom. The van der Waals surface area contributed by atoms with Crippen molar-refractivity contribution in [3.05, 3.63) is 35.9 Å². The number of Topliss-reactive ketones (excluding diaryl/α,β-unsaturated/α-hetero) is 1. The van der Waals surface area contributed by atoms with E-state index in [2.05, 4.69) is 0 Å². The summed E-state index contributed by atoms with van der Waals surface area (Å²) in [5, 5.41) is 0. The van der Waals surface area contributed by atoms with Gasteiger partial charge in [-0.2, -0.15) is 0 Å². The Morgan fingerprint density at radius 2 is 1.93 bits per heavy atom. The van der Waals surface area contributed by atoms with E-state index in [0.717, 1.165) is 24.8 Å². The van der Waals surface area contributed by atoms with Gasteiger partial charge in [0.15, 0.2) is 6.10 Å². The number of likely N-dealkylation sites (tertiary alicyclic amines) is 1. The second-order valence-corrected chi connectivity index (χ2v) is 7.61. The van der Waals surface area contributed by atoms with E-state index in [-0.39, 0.29) is 18.2 Å². The number of ketones is 1. The summed E-state index contributed by atoms with van der Waals surface area (Å²) in [6.45, 7) is 2.07. The van der Waals surface area contributed by atoms with E-state index < -0.39 is 23.5 Å². The second kappa shape index (κ2) is 8.21. The van der Waals surface area contributed by atoms with E-state index in [4.69, 9.17) is 9.47 Å². The highest BCUT2D eigenvalue weighted by atomic mass is 16.5. The van der Waals surface area contributed by atoms with Gasteiger partial charge in [0.25, 0.3) is 5.91 Å². The van der Waals surface area contributed by atoms with Crippen LogP contribution < -0.4 is 0 Å². The molecule has 1 saturated carbocycles. The molecule has 27 heavy (non-hydrogen) atoms. The predicted molar refractivity (Wildman–Crippen MR) is 98.7 cm³/mol. The Bertz CT molecular complexity index is 704. The van der Waals surface area contributed by atoms with Gasteiger partial charge in [-0.3, -0.25) is 14.4 Å². The van der Waals surface area contributed by atoms with Crippen molar-refractivity contribution in [2.24, 2.45) is 5.41 Å². The van der Waals surface area contributed by atoms with Crippen LogP contribution in [-0.4, -0.2) is 48.4 Å². The molecule has 1 heterocycles. The monoisotopic (exact) mass is 373 g/mol. The lowest BCUT2D eigenvalue weighted by Crippen LogP contribution is -2.73. The minimum absolute atomic E-state index is 0.145. The molecule has 3 atom stereocenters. The first-order valence-electron chi connectivity index (χ1n) is 9.53. The van der Waals surface area contributed by atoms with Crippen molar-refractivity contribution in [3.8, 4) is 0 Å². The molecule has 2 aliphatic rings. The van der Waals surface area contributed by atoms with E-state index in [9.17, 15) is 14.4 Å². The number of carbonyl (C=O) groups excluding carboxylic acids is 3. The standard InChI is InChI=1S/C21H27NO5/c1-21(12-8-4-7-11-16(21)23)19-18(20(25)22(19)13-17(24)26-2)27-14-15-9-5-3-6-10-15/h3,5-6,9-10,18-19H,4,7-8,11-14H2,1-2H3/t18-,19-,21-/m1/s1. The summed E-state index contributed by atoms with van der Waals surface area (Å²) in [6, 6.07) is 9.19. The maximum absolute atomic E-state index is 12.9. The topological polar surface area (TPSA) is 72.9 Å². The molecule has 3 rings (SSSR count). The van der Waals surface area contributed by atoms with Crippen LogP contribution in [0.5, 0.6) is 0 Å². The summed E-state index contributed by atoms with van der Waals surface area (Å²) in [7, 11) is 1.30. The molecule has 0 radical (unpaired) electrons. The Kier molecular flexibility index (Phi) is 5.95. The first-order valence-corrected chi connectivity index (χ1v) is 9.53. The third-order valence-electron chi connectivity index (χ3n) is 5.84. The van der Waals surface area contributed by atoms with Crippen LogP contribution in [-0.2, 0) is 30.5 Å². The fraction of sp³-hybridized carbons (Fsp3) is 0.571. The van der Waals surface area contributed by atoms with Crippen molar-refractivity contribution in [3.63, 3.8) is 0 Å². The van der Waals surface area contributed by atoms with Crippen LogP contribution in [0.3, 0.4) is 0 Å². The van der Waals surface area contributed by atoms with Crippen molar-refractivity contribution in [2.45, 2.75) is 57.8 Å². The fourth-order valence-corrected chi connectivity index (χ4v) is 4.19. The number of β-lactam (4-membered cyclic amide) rings is 1. The molecule has 0 bridgehead atoms. The average Bonchev–Trinajstić information content (AvgIpc) is 2.85. The van der Waals surface area contributed by atoms with Gasteiger partial charge in [-0.05, 0) is 18.4 Å². The quantitative estimate of drug-likeness (QED) is 0.435. The van der Waals surface area contributed by atoms with Crippen LogP contribution in [0.1, 0.15) is 44.6 Å². The van der Waals surface area contributed by atoms with Gasteiger partial charge in [0, 0.05) is 11.8 Å². The van der Waals surface area contributed by atoms with E-state index in [1.165, 1.54) is 12.0 Å². The summed E-state index contributed by atoms with van der Waals surface area (Å²) >= 11 is 0. The molecule has 1 aromatic rings. The minimum Gasteiger partial charge on any atom is -0.468 e. The number of hydrogen-bond acceptors (Lipinski definition) is 5. The van der Waals surface area contributed by atoms with Crippen LogP contribution in [0.15, 0.2) is 30.3 Å². The molecule has 1 saturated heterocycles. The molecule has 1 aliphatic heterocycles. The van der Waals surface area contributed by atoms with E-state index in [1.807, 2.05) is 37.3 Å². The number of ether oxygens (including phenoxy) is 2. The van der Waals surface area contributed by atoms with Crippen molar-refractivity contribution >= 4 is 17.7 Å². The fourth-order valence-electron chi connectivity index (χ4n) is 4.19. The summed E-state index contributed by atoms with van der Waals surface area (Å²) in [6.07, 6.45) is 3.33. The molecule has 2 fully saturated rings. The molecule has 6 heteroatoms. The van der Waals surface area contributed by atoms with Crippen molar-refractivity contribution in [1.82, 2.24) is 4.90 Å². The van der Waals surface area contributed by atoms with Gasteiger partial charge in [-0.25, -0.2) is 0 Å². The molecule has 0 unspecified atom stereocenters. The Labute approximate surface area is 159 Å². The van der Waals surface area contributed by atoms with Gasteiger partial charge in [0.05, 0.1) is 19.8 Å². The van der Waals surface area contributed by atoms with Gasteiger partial charge in [0.1, 0.15) is 12.3 Å². The number of hydrogen-bond donors (Lipinski definition) is 0. The van der Waals surface area contributed by atoms with Crippen LogP contribution >= 0.6 is 0 Å². The molecule has 0 N–H and O–H groups in total. The number of amides is 1. The van der Waals surface area contributed by atoms with E-state index in [1.54, 1.807) is 0 Å². The molecule has 1 aromatic carbocycles. The first kappa shape index (κ1) is 19.5. The molecule has 1 amide bonds. The highest BCUT2D eigenvalue weighted by Gasteiger charge is 2.59. The van der Waals surface area contributed by atoms with E-state index >= 15 is 0 Å². The summed E-state index contributed by atoms with van der Waals surface area (Å²) in [5.41, 5.74) is 0.271. The van der Waals surface area contributed by atoms with Crippen molar-refractivity contribution < 1.29 is 23.9 Å². The molecule has 146 valence electrons. The van der Waals surface area contributed by atoms with E-state index in [0.29, 0.717) is 19.4 Å². The number of esters is 1. The zero-order valence-electron chi connectivity index (χ0n) is 16.0. The molecule has 0 aromatic heterocycles. The average molecular weight is 373 g/mol. The number of methoxy groups -OCH3 is 1. The Balaban J connectivity index is 1.81. The van der Waals surface area contributed by atoms with Gasteiger partial charge in [-0.1, -0.05) is 50.1 Å². The van der Waals surface area contributed by atoms with Crippen LogP contribution in [0.4, 0.5) is 0 Å². The predicted octanol–water partition coefficient (Wildman–Crippen LogP) is 2.50. The molecular formula is C21H27NO5. The van der Waals surface area contributed by atoms with Gasteiger partial charge in [-0.15, -0.1) is 0 Å². The lowest BCUT2D eigenvalue weighted by molar-refractivity contribution is -0.193. The molecule has 0 spiro atoms. The highest BCUT2D eigenvalue weighted by Crippen LogP contribution is 2.44. The van der Waals surface area contributed by atoms with Crippen molar-refractivity contribution in [2.75, 3.05) is 13.7 Å². The maximum Gasteiger partial charge on any atom is 0.325 e. The van der Waals surface area contributed by atoms with Crippen LogP contribution in [0.2, 0.25) is 0 Å². The smallest absolute Gasteiger partial charge is 0.325 e. The summed E-state index contributed by atoms with van der Waals surface area (Å²) in [5.74, 6) is -0.584. The van der Waals surface area contributed by atoms with Gasteiger partial charge in [0.2, 0.25) is 0 Å². The first-order chi connectivity index (χ1) is 13.0. The minimum atomic E-state index is -0.707. The number of benzene rings is 1. The summed E-state index contributed by atoms with van der Waals surface area (Å²) < 4.78 is 10.7. The lowest BCUT2D eigenvalue weighted by Gasteiger charge is -2.53. The summed E-state index contributed by atoms with van der Waals surface area (Å²) in [4.78, 5) is 38.8. The third-order valence-corrected chi connectivity index (χ3v) is 5.84. The van der Waals surface area contributed by atoms with Gasteiger partial charge < -0.3 is 14.4 Å². The maximum atomic E-state index is 12.9. The largest absolute Gasteiger partial charge is 0.468 e. The molecule has 6 nitrogen and oxygen atoms in total. The van der Waals surface area contributed by atoms with Crippen LogP contribution in [0, 0.1) is 5.41 Å². The Hall–Kier alpha value is -2.21. The highest BCUT2D eigenvalue weighted by molar-refractivity contribution is 5.96.